The fourth-order valence-corrected chi connectivity index (χ4v) is 3.93. The molecular formula is C31H46N4O3. The Balaban J connectivity index is 3.30. The lowest BCUT2D eigenvalue weighted by Gasteiger charge is -2.23. The molecule has 0 heterocycles. The number of carbonyl (C=O) groups excluding carboxylic acids is 2. The van der Waals surface area contributed by atoms with Gasteiger partial charge in [0, 0.05) is 43.5 Å². The van der Waals surface area contributed by atoms with E-state index in [0.717, 1.165) is 24.8 Å². The monoisotopic (exact) mass is 522 g/mol. The van der Waals surface area contributed by atoms with Gasteiger partial charge < -0.3 is 20.3 Å². The highest BCUT2D eigenvalue weighted by molar-refractivity contribution is 5.99. The van der Waals surface area contributed by atoms with Crippen molar-refractivity contribution in [1.29, 1.82) is 0 Å². The van der Waals surface area contributed by atoms with Gasteiger partial charge >= 0.3 is 0 Å². The van der Waals surface area contributed by atoms with Gasteiger partial charge in [0.15, 0.2) is 0 Å². The summed E-state index contributed by atoms with van der Waals surface area (Å²) in [6.07, 6.45) is 11.3. The van der Waals surface area contributed by atoms with Crippen LogP contribution in [-0.4, -0.2) is 61.1 Å². The molecule has 7 nitrogen and oxygen atoms in total. The Morgan fingerprint density at radius 3 is 2.32 bits per heavy atom. The van der Waals surface area contributed by atoms with Crippen LogP contribution in [0, 0.1) is 0 Å². The molecule has 0 saturated heterocycles. The molecule has 1 aromatic carbocycles. The molecule has 0 fully saturated rings. The molecule has 0 atom stereocenters. The predicted octanol–water partition coefficient (Wildman–Crippen LogP) is 5.19. The average Bonchev–Trinajstić information content (AvgIpc) is 2.92. The van der Waals surface area contributed by atoms with E-state index >= 15 is 0 Å². The number of nitrogens with zero attached hydrogens (tertiary/aromatic N) is 3. The number of allylic oxidation sites excluding steroid dienone is 2. The van der Waals surface area contributed by atoms with E-state index in [9.17, 15) is 9.59 Å². The number of aliphatic imine (C=N–C) groups is 1. The van der Waals surface area contributed by atoms with Gasteiger partial charge in [-0.2, -0.15) is 0 Å². The maximum atomic E-state index is 13.5. The van der Waals surface area contributed by atoms with Crippen LogP contribution in [0.5, 0.6) is 0 Å². The Labute approximate surface area is 229 Å². The van der Waals surface area contributed by atoms with Crippen molar-refractivity contribution in [3.8, 4) is 0 Å². The normalized spacial score (nSPS) is 12.3. The second kappa shape index (κ2) is 18.7. The van der Waals surface area contributed by atoms with Crippen LogP contribution in [0.4, 0.5) is 0 Å². The zero-order chi connectivity index (χ0) is 28.3. The molecular weight excluding hydrogens is 476 g/mol. The number of methoxy groups -OCH3 is 1. The van der Waals surface area contributed by atoms with Gasteiger partial charge in [0.1, 0.15) is 6.26 Å². The van der Waals surface area contributed by atoms with Gasteiger partial charge in [0.05, 0.1) is 13.3 Å². The summed E-state index contributed by atoms with van der Waals surface area (Å²) in [7, 11) is 1.54. The van der Waals surface area contributed by atoms with E-state index in [2.05, 4.69) is 30.6 Å². The zero-order valence-electron chi connectivity index (χ0n) is 23.9. The Bertz CT molecular complexity index is 1020. The number of benzene rings is 1. The Morgan fingerprint density at radius 1 is 1.03 bits per heavy atom. The number of carbonyl (C=O) groups is 2. The van der Waals surface area contributed by atoms with Crippen LogP contribution in [0.1, 0.15) is 58.1 Å². The van der Waals surface area contributed by atoms with E-state index in [-0.39, 0.29) is 11.8 Å². The summed E-state index contributed by atoms with van der Waals surface area (Å²) in [4.78, 5) is 34.4. The number of ether oxygens (including phenoxy) is 1. The quantitative estimate of drug-likeness (QED) is 0.132. The van der Waals surface area contributed by atoms with E-state index in [4.69, 9.17) is 10.5 Å². The van der Waals surface area contributed by atoms with Crippen LogP contribution >= 0.6 is 0 Å². The van der Waals surface area contributed by atoms with Gasteiger partial charge in [-0.05, 0) is 68.0 Å². The molecule has 1 aromatic rings. The standard InChI is InChI=1S/C31H46N4O3/c1-7-16-34(17-8-2)30(36)25(4)20-29(23-33-15-19-38-6)21-26(5)31(37)35(18-11-14-32)24-28-13-10-12-27(9-3)22-28/h10,12-13,15,19-23H,4,7-9,11,14,16-18,24,32H2,1-3,5-6H3/b19-15-,26-21+,29-20+,33-23+. The van der Waals surface area contributed by atoms with Crippen molar-refractivity contribution < 1.29 is 14.3 Å². The first-order valence-corrected chi connectivity index (χ1v) is 13.5. The maximum absolute atomic E-state index is 13.5. The van der Waals surface area contributed by atoms with Gasteiger partial charge in [-0.15, -0.1) is 0 Å². The largest absolute Gasteiger partial charge is 0.503 e. The summed E-state index contributed by atoms with van der Waals surface area (Å²) in [6.45, 7) is 14.9. The van der Waals surface area contributed by atoms with Crippen molar-refractivity contribution in [2.24, 2.45) is 10.7 Å². The number of aryl methyl sites for hydroxylation is 1. The van der Waals surface area contributed by atoms with Gasteiger partial charge in [-0.3, -0.25) is 14.6 Å². The molecule has 0 aliphatic heterocycles. The van der Waals surface area contributed by atoms with Crippen LogP contribution in [0.3, 0.4) is 0 Å². The van der Waals surface area contributed by atoms with Crippen molar-refractivity contribution in [2.45, 2.75) is 59.9 Å². The molecule has 0 bridgehead atoms. The summed E-state index contributed by atoms with van der Waals surface area (Å²) >= 11 is 0. The minimum Gasteiger partial charge on any atom is -0.503 e. The highest BCUT2D eigenvalue weighted by Gasteiger charge is 2.17. The predicted molar refractivity (Wildman–Crippen MR) is 158 cm³/mol. The van der Waals surface area contributed by atoms with Gasteiger partial charge in [-0.1, -0.05) is 51.6 Å². The fourth-order valence-electron chi connectivity index (χ4n) is 3.93. The topological polar surface area (TPSA) is 88.2 Å². The highest BCUT2D eigenvalue weighted by atomic mass is 16.5. The van der Waals surface area contributed by atoms with Crippen molar-refractivity contribution >= 4 is 18.0 Å². The van der Waals surface area contributed by atoms with Crippen LogP contribution in [0.2, 0.25) is 0 Å². The molecule has 1 rings (SSSR count). The Kier molecular flexibility index (Phi) is 16.1. The molecule has 0 unspecified atom stereocenters. The summed E-state index contributed by atoms with van der Waals surface area (Å²) in [6, 6.07) is 8.28. The number of hydrogen-bond acceptors (Lipinski definition) is 5. The Hall–Kier alpha value is -3.45. The number of rotatable bonds is 17. The molecule has 2 amide bonds. The lowest BCUT2D eigenvalue weighted by molar-refractivity contribution is -0.128. The first kappa shape index (κ1) is 32.6. The molecule has 7 heteroatoms. The molecule has 0 saturated carbocycles. The second-order valence-corrected chi connectivity index (χ2v) is 9.13. The van der Waals surface area contributed by atoms with E-state index in [1.807, 2.05) is 30.9 Å². The lowest BCUT2D eigenvalue weighted by Crippen LogP contribution is -2.33. The van der Waals surface area contributed by atoms with Crippen LogP contribution < -0.4 is 5.73 Å². The average molecular weight is 523 g/mol. The van der Waals surface area contributed by atoms with E-state index in [1.165, 1.54) is 25.1 Å². The molecule has 0 aliphatic carbocycles. The number of hydrogen-bond donors (Lipinski definition) is 1. The third-order valence-corrected chi connectivity index (χ3v) is 5.81. The Morgan fingerprint density at radius 2 is 1.71 bits per heavy atom. The van der Waals surface area contributed by atoms with Crippen molar-refractivity contribution in [3.63, 3.8) is 0 Å². The summed E-state index contributed by atoms with van der Waals surface area (Å²) in [5.41, 5.74) is 9.54. The zero-order valence-corrected chi connectivity index (χ0v) is 23.9. The van der Waals surface area contributed by atoms with Crippen LogP contribution in [0.25, 0.3) is 0 Å². The SMILES string of the molecule is C=C(/C=C(/C=N/C=C\OC)\C=C(/C)C(=O)N(CCCN)Cc1cccc(CC)c1)C(=O)N(CCC)CCC. The van der Waals surface area contributed by atoms with Crippen molar-refractivity contribution in [2.75, 3.05) is 33.3 Å². The summed E-state index contributed by atoms with van der Waals surface area (Å²) in [5.74, 6) is -0.215. The minimum atomic E-state index is -0.121. The fraction of sp³-hybridized carbons (Fsp3) is 0.452. The first-order valence-electron chi connectivity index (χ1n) is 13.5. The molecule has 38 heavy (non-hydrogen) atoms. The van der Waals surface area contributed by atoms with E-state index in [0.29, 0.717) is 55.9 Å². The molecule has 0 spiro atoms. The first-order chi connectivity index (χ1) is 18.3. The van der Waals surface area contributed by atoms with Crippen LogP contribution in [0.15, 0.2) is 77.2 Å². The molecule has 0 aliphatic rings. The second-order valence-electron chi connectivity index (χ2n) is 9.13. The molecule has 208 valence electrons. The van der Waals surface area contributed by atoms with E-state index < -0.39 is 0 Å². The smallest absolute Gasteiger partial charge is 0.253 e. The summed E-state index contributed by atoms with van der Waals surface area (Å²) < 4.78 is 4.91. The van der Waals surface area contributed by atoms with Crippen molar-refractivity contribution in [3.05, 3.63) is 83.3 Å². The van der Waals surface area contributed by atoms with Gasteiger partial charge in [-0.25, -0.2) is 0 Å². The number of amides is 2. The van der Waals surface area contributed by atoms with Crippen LogP contribution in [-0.2, 0) is 27.3 Å². The van der Waals surface area contributed by atoms with E-state index in [1.54, 1.807) is 30.2 Å². The minimum absolute atomic E-state index is 0.0948. The van der Waals surface area contributed by atoms with Gasteiger partial charge in [0.2, 0.25) is 5.91 Å². The molecule has 0 radical (unpaired) electrons. The maximum Gasteiger partial charge on any atom is 0.253 e. The summed E-state index contributed by atoms with van der Waals surface area (Å²) in [5, 5.41) is 0. The van der Waals surface area contributed by atoms with Crippen molar-refractivity contribution in [1.82, 2.24) is 9.80 Å². The number of nitrogens with two attached hydrogens (primary N) is 1. The highest BCUT2D eigenvalue weighted by Crippen LogP contribution is 2.15. The third kappa shape index (κ3) is 11.7. The lowest BCUT2D eigenvalue weighted by atomic mass is 10.1. The molecule has 0 aromatic heterocycles. The van der Waals surface area contributed by atoms with Gasteiger partial charge in [0.25, 0.3) is 5.91 Å². The molecule has 2 N–H and O–H groups in total. The third-order valence-electron chi connectivity index (χ3n) is 5.81.